The molecule has 0 atom stereocenters. The summed E-state index contributed by atoms with van der Waals surface area (Å²) in [6.07, 6.45) is 8.15. The van der Waals surface area contributed by atoms with Gasteiger partial charge in [-0.25, -0.2) is 0 Å². The van der Waals surface area contributed by atoms with Gasteiger partial charge in [-0.1, -0.05) is 121 Å². The molecule has 264 valence electrons. The molecule has 1 N–H and O–H groups in total. The Balaban J connectivity index is 1.41. The van der Waals surface area contributed by atoms with Crippen molar-refractivity contribution >= 4 is 74.9 Å². The predicted molar refractivity (Wildman–Crippen MR) is 217 cm³/mol. The number of rotatable bonds is 13. The van der Waals surface area contributed by atoms with Gasteiger partial charge in [-0.05, 0) is 88.2 Å². The number of nitrogens with one attached hydrogen (secondary N) is 1. The zero-order valence-electron chi connectivity index (χ0n) is 28.4. The molecule has 0 aromatic heterocycles. The molecule has 1 heterocycles. The maximum atomic E-state index is 14.2. The number of halogens is 2. The smallest absolute Gasteiger partial charge is 0.285 e. The number of aliphatic imine (C=N–C) groups is 1. The number of carbonyl (C=O) groups is 3. The van der Waals surface area contributed by atoms with Crippen LogP contribution in [0.15, 0.2) is 144 Å². The van der Waals surface area contributed by atoms with Crippen molar-refractivity contribution in [3.05, 3.63) is 170 Å². The fourth-order valence-electron chi connectivity index (χ4n) is 5.26. The molecule has 0 bridgehead atoms. The molecule has 0 aliphatic carbocycles. The van der Waals surface area contributed by atoms with E-state index in [1.165, 1.54) is 18.1 Å². The zero-order valence-corrected chi connectivity index (χ0v) is 32.2. The van der Waals surface area contributed by atoms with Crippen molar-refractivity contribution in [3.8, 4) is 11.5 Å². The molecule has 5 rings (SSSR count). The van der Waals surface area contributed by atoms with Gasteiger partial charge in [0.15, 0.2) is 16.7 Å². The molecule has 3 amide bonds. The number of nitrogens with zero attached hydrogens (tertiary/aromatic N) is 2. The van der Waals surface area contributed by atoms with Crippen molar-refractivity contribution in [1.29, 1.82) is 0 Å². The fourth-order valence-corrected chi connectivity index (χ4v) is 6.97. The van der Waals surface area contributed by atoms with E-state index in [9.17, 15) is 14.4 Å². The largest absolute Gasteiger partial charge is 0.493 e. The lowest BCUT2D eigenvalue weighted by Crippen LogP contribution is -2.42. The van der Waals surface area contributed by atoms with E-state index in [1.807, 2.05) is 72.8 Å². The van der Waals surface area contributed by atoms with Gasteiger partial charge >= 0.3 is 0 Å². The lowest BCUT2D eigenvalue weighted by atomic mass is 9.99. The highest BCUT2D eigenvalue weighted by atomic mass is 127. The Hall–Kier alpha value is -4.91. The molecule has 1 aliphatic heterocycles. The van der Waals surface area contributed by atoms with E-state index in [0.717, 1.165) is 28.5 Å². The van der Waals surface area contributed by atoms with E-state index in [4.69, 9.17) is 21.1 Å². The highest BCUT2D eigenvalue weighted by molar-refractivity contribution is 14.1. The van der Waals surface area contributed by atoms with E-state index in [2.05, 4.69) is 39.5 Å². The second kappa shape index (κ2) is 18.5. The topological polar surface area (TPSA) is 97.3 Å². The third-order valence-corrected chi connectivity index (χ3v) is 9.76. The quantitative estimate of drug-likeness (QED) is 0.0626. The summed E-state index contributed by atoms with van der Waals surface area (Å²) in [6, 6.07) is 29.7. The van der Waals surface area contributed by atoms with Crippen LogP contribution in [-0.4, -0.2) is 40.7 Å². The fraction of sp³-hybridized carbons (Fsp3) is 0.122. The van der Waals surface area contributed by atoms with Crippen molar-refractivity contribution in [3.63, 3.8) is 0 Å². The summed E-state index contributed by atoms with van der Waals surface area (Å²) in [5, 5.41) is 3.82. The third-order valence-electron chi connectivity index (χ3n) is 7.77. The first kappa shape index (κ1) is 38.3. The van der Waals surface area contributed by atoms with Crippen LogP contribution in [0.1, 0.15) is 35.2 Å². The van der Waals surface area contributed by atoms with E-state index in [1.54, 1.807) is 55.5 Å². The number of methoxy groups -OCH3 is 1. The Morgan fingerprint density at radius 1 is 1.02 bits per heavy atom. The molecule has 0 radical (unpaired) electrons. The SMILES string of the molecule is C=C/C=C\C(=C/C)N1C(=O)/C(=C\c2cc(I)c(OCc3ccc(Cl)cc3)c(OC)c2)C(=O)N=C1SCC(=O)NC(c1ccccc1)c1ccccc1. The van der Waals surface area contributed by atoms with Gasteiger partial charge in [0.05, 0.1) is 22.5 Å². The van der Waals surface area contributed by atoms with Crippen LogP contribution in [0.25, 0.3) is 6.08 Å². The Kier molecular flexibility index (Phi) is 13.7. The zero-order chi connectivity index (χ0) is 37.0. The van der Waals surface area contributed by atoms with Gasteiger partial charge in [-0.2, -0.15) is 4.99 Å². The first-order valence-electron chi connectivity index (χ1n) is 16.1. The van der Waals surface area contributed by atoms with Crippen molar-refractivity contribution in [2.45, 2.75) is 19.6 Å². The van der Waals surface area contributed by atoms with Gasteiger partial charge in [0.1, 0.15) is 12.2 Å². The summed E-state index contributed by atoms with van der Waals surface area (Å²) in [6.45, 7) is 5.79. The number of benzene rings is 4. The Morgan fingerprint density at radius 2 is 1.67 bits per heavy atom. The number of thioether (sulfide) groups is 1. The van der Waals surface area contributed by atoms with Gasteiger partial charge in [-0.3, -0.25) is 19.3 Å². The predicted octanol–water partition coefficient (Wildman–Crippen LogP) is 8.93. The summed E-state index contributed by atoms with van der Waals surface area (Å²) >= 11 is 9.14. The number of carbonyl (C=O) groups excluding carboxylic acids is 3. The summed E-state index contributed by atoms with van der Waals surface area (Å²) in [5.74, 6) is -0.761. The molecule has 0 spiro atoms. The molecule has 52 heavy (non-hydrogen) atoms. The Labute approximate surface area is 326 Å². The van der Waals surface area contributed by atoms with Crippen molar-refractivity contribution < 1.29 is 23.9 Å². The number of amides is 3. The molecule has 4 aromatic rings. The Morgan fingerprint density at radius 3 is 2.27 bits per heavy atom. The average molecular weight is 844 g/mol. The van der Waals surface area contributed by atoms with Crippen LogP contribution in [0.2, 0.25) is 5.02 Å². The second-order valence-electron chi connectivity index (χ2n) is 11.3. The molecule has 4 aromatic carbocycles. The standard InChI is InChI=1S/C41H35ClIN3O5S/c1-4-6-17-32(5-2)46-40(49)33(22-28-23-34(43)38(35(24-28)50-3)51-25-27-18-20-31(42)21-19-27)39(48)45-41(46)52-26-36(47)44-37(29-13-9-7-10-14-29)30-15-11-8-12-16-30/h4-24,37H,1,25-26H2,2-3H3,(H,44,47)/b17-6-,32-5+,33-22-. The first-order valence-corrected chi connectivity index (χ1v) is 18.6. The van der Waals surface area contributed by atoms with E-state index >= 15 is 0 Å². The summed E-state index contributed by atoms with van der Waals surface area (Å²) in [4.78, 5) is 46.8. The number of amidine groups is 1. The van der Waals surface area contributed by atoms with Crippen LogP contribution in [0, 0.1) is 3.57 Å². The second-order valence-corrected chi connectivity index (χ2v) is 13.8. The van der Waals surface area contributed by atoms with Crippen molar-refractivity contribution in [1.82, 2.24) is 10.2 Å². The molecule has 0 saturated heterocycles. The highest BCUT2D eigenvalue weighted by Gasteiger charge is 2.35. The van der Waals surface area contributed by atoms with Gasteiger partial charge in [0, 0.05) is 10.7 Å². The summed E-state index contributed by atoms with van der Waals surface area (Å²) < 4.78 is 12.4. The number of allylic oxidation sites excluding steroid dienone is 4. The van der Waals surface area contributed by atoms with Crippen LogP contribution in [-0.2, 0) is 21.0 Å². The highest BCUT2D eigenvalue weighted by Crippen LogP contribution is 2.36. The van der Waals surface area contributed by atoms with Crippen LogP contribution < -0.4 is 14.8 Å². The normalized spacial score (nSPS) is 14.2. The van der Waals surface area contributed by atoms with Gasteiger partial charge in [0.2, 0.25) is 5.91 Å². The number of hydrogen-bond donors (Lipinski definition) is 1. The molecule has 0 fully saturated rings. The van der Waals surface area contributed by atoms with Crippen LogP contribution >= 0.6 is 46.0 Å². The van der Waals surface area contributed by atoms with Gasteiger partial charge in [0.25, 0.3) is 11.8 Å². The minimum absolute atomic E-state index is 0.0817. The maximum absolute atomic E-state index is 14.2. The third kappa shape index (κ3) is 9.69. The Bertz CT molecular complexity index is 2030. The summed E-state index contributed by atoms with van der Waals surface area (Å²) in [5.41, 5.74) is 3.61. The van der Waals surface area contributed by atoms with Crippen LogP contribution in [0.5, 0.6) is 11.5 Å². The number of hydrogen-bond acceptors (Lipinski definition) is 6. The average Bonchev–Trinajstić information content (AvgIpc) is 3.16. The monoisotopic (exact) mass is 843 g/mol. The number of ether oxygens (including phenoxy) is 2. The molecule has 8 nitrogen and oxygen atoms in total. The summed E-state index contributed by atoms with van der Waals surface area (Å²) in [7, 11) is 1.52. The van der Waals surface area contributed by atoms with Crippen molar-refractivity contribution in [2.75, 3.05) is 12.9 Å². The van der Waals surface area contributed by atoms with E-state index in [0.29, 0.717) is 31.4 Å². The minimum Gasteiger partial charge on any atom is -0.493 e. The lowest BCUT2D eigenvalue weighted by molar-refractivity contribution is -0.126. The van der Waals surface area contributed by atoms with E-state index < -0.39 is 17.9 Å². The van der Waals surface area contributed by atoms with Crippen LogP contribution in [0.3, 0.4) is 0 Å². The van der Waals surface area contributed by atoms with Crippen LogP contribution in [0.4, 0.5) is 0 Å². The maximum Gasteiger partial charge on any atom is 0.285 e. The van der Waals surface area contributed by atoms with Gasteiger partial charge in [-0.15, -0.1) is 0 Å². The molecule has 0 unspecified atom stereocenters. The first-order chi connectivity index (χ1) is 25.2. The molecular formula is C41H35ClIN3O5S. The molecular weight excluding hydrogens is 809 g/mol. The van der Waals surface area contributed by atoms with Gasteiger partial charge < -0.3 is 14.8 Å². The minimum atomic E-state index is -0.726. The van der Waals surface area contributed by atoms with E-state index in [-0.39, 0.29) is 29.0 Å². The molecule has 0 saturated carbocycles. The molecule has 1 aliphatic rings. The van der Waals surface area contributed by atoms with Crippen molar-refractivity contribution in [2.24, 2.45) is 4.99 Å². The lowest BCUT2D eigenvalue weighted by Gasteiger charge is -2.28. The molecule has 11 heteroatoms.